The van der Waals surface area contributed by atoms with Gasteiger partial charge < -0.3 is 10.2 Å². The van der Waals surface area contributed by atoms with E-state index in [0.29, 0.717) is 5.69 Å². The van der Waals surface area contributed by atoms with E-state index in [1.807, 2.05) is 0 Å². The molecule has 7 nitrogen and oxygen atoms in total. The van der Waals surface area contributed by atoms with Gasteiger partial charge in [0.2, 0.25) is 10.1 Å². The number of aryl methyl sites for hydroxylation is 1. The summed E-state index contributed by atoms with van der Waals surface area (Å²) in [6.07, 6.45) is 1.43. The number of nitrogens with zero attached hydrogens (tertiary/aromatic N) is 3. The van der Waals surface area contributed by atoms with Crippen LogP contribution in [0.3, 0.4) is 0 Å². The predicted molar refractivity (Wildman–Crippen MR) is 53.5 cm³/mol. The van der Waals surface area contributed by atoms with E-state index in [9.17, 15) is 4.79 Å². The third-order valence-electron chi connectivity index (χ3n) is 1.47. The molecular weight excluding hydrogens is 218 g/mol. The molecule has 0 atom stereocenters. The molecule has 3 N–H and O–H groups in total. The van der Waals surface area contributed by atoms with Gasteiger partial charge in [0.05, 0.1) is 5.69 Å². The average Bonchev–Trinajstić information content (AvgIpc) is 2.75. The van der Waals surface area contributed by atoms with Crippen LogP contribution in [-0.4, -0.2) is 21.1 Å². The van der Waals surface area contributed by atoms with Crippen LogP contribution in [0.2, 0.25) is 0 Å². The maximum Gasteiger partial charge on any atom is 0.301 e. The van der Waals surface area contributed by atoms with Crippen molar-refractivity contribution in [2.75, 3.05) is 11.1 Å². The van der Waals surface area contributed by atoms with Gasteiger partial charge in [0.25, 0.3) is 5.91 Å². The zero-order valence-corrected chi connectivity index (χ0v) is 8.54. The molecule has 0 aliphatic carbocycles. The van der Waals surface area contributed by atoms with Crippen molar-refractivity contribution in [1.82, 2.24) is 15.2 Å². The van der Waals surface area contributed by atoms with Gasteiger partial charge >= 0.3 is 6.01 Å². The van der Waals surface area contributed by atoms with Gasteiger partial charge in [0.1, 0.15) is 6.26 Å². The summed E-state index contributed by atoms with van der Waals surface area (Å²) in [5.41, 5.74) is 6.02. The van der Waals surface area contributed by atoms with Gasteiger partial charge in [0, 0.05) is 0 Å². The number of carbonyl (C=O) groups is 1. The average molecular weight is 225 g/mol. The second kappa shape index (κ2) is 3.65. The molecular formula is C7H7N5O2S. The number of nitrogens with two attached hydrogens (primary N) is 1. The molecule has 2 aromatic heterocycles. The van der Waals surface area contributed by atoms with Crippen LogP contribution < -0.4 is 11.1 Å². The maximum absolute atomic E-state index is 11.5. The Labute approximate surface area is 88.3 Å². The summed E-state index contributed by atoms with van der Waals surface area (Å²) in [6.45, 7) is 1.75. The molecule has 2 aromatic rings. The number of anilines is 2. The molecule has 0 radical (unpaired) electrons. The second-order valence-corrected chi connectivity index (χ2v) is 3.70. The normalized spacial score (nSPS) is 10.2. The zero-order chi connectivity index (χ0) is 10.8. The van der Waals surface area contributed by atoms with E-state index in [-0.39, 0.29) is 16.2 Å². The number of hydrogen-bond donors (Lipinski definition) is 2. The molecule has 8 heteroatoms. The standard InChI is InChI=1S/C7H7N5O2S/c1-3-2-14-7(9-3)10-4(13)5-11-12-6(8)15-5/h2H,1H3,(H2,8,12)(H,9,10,13). The Balaban J connectivity index is 2.10. The third-order valence-corrected chi connectivity index (χ3v) is 2.23. The number of nitrogens with one attached hydrogen (secondary N) is 1. The van der Waals surface area contributed by atoms with E-state index in [1.54, 1.807) is 6.92 Å². The molecule has 0 unspecified atom stereocenters. The minimum absolute atomic E-state index is 0.131. The monoisotopic (exact) mass is 225 g/mol. The summed E-state index contributed by atoms with van der Waals surface area (Å²) in [6, 6.07) is 0.131. The van der Waals surface area contributed by atoms with Crippen molar-refractivity contribution < 1.29 is 9.21 Å². The highest BCUT2D eigenvalue weighted by Crippen LogP contribution is 2.13. The molecule has 0 saturated carbocycles. The van der Waals surface area contributed by atoms with Crippen LogP contribution in [0.4, 0.5) is 11.1 Å². The first-order valence-electron chi connectivity index (χ1n) is 3.97. The van der Waals surface area contributed by atoms with Gasteiger partial charge in [-0.3, -0.25) is 10.1 Å². The fourth-order valence-corrected chi connectivity index (χ4v) is 1.39. The number of rotatable bonds is 2. The van der Waals surface area contributed by atoms with Gasteiger partial charge in [-0.25, -0.2) is 0 Å². The zero-order valence-electron chi connectivity index (χ0n) is 7.72. The Kier molecular flexibility index (Phi) is 2.34. The minimum Gasteiger partial charge on any atom is -0.432 e. The van der Waals surface area contributed by atoms with Gasteiger partial charge in [-0.15, -0.1) is 10.2 Å². The first kappa shape index (κ1) is 9.59. The predicted octanol–water partition coefficient (Wildman–Crippen LogP) is 0.669. The lowest BCUT2D eigenvalue weighted by Gasteiger charge is -1.94. The van der Waals surface area contributed by atoms with Crippen molar-refractivity contribution in [3.8, 4) is 0 Å². The Morgan fingerprint density at radius 1 is 1.60 bits per heavy atom. The van der Waals surface area contributed by atoms with E-state index in [2.05, 4.69) is 20.5 Å². The second-order valence-electron chi connectivity index (χ2n) is 2.69. The smallest absolute Gasteiger partial charge is 0.301 e. The molecule has 0 saturated heterocycles. The van der Waals surface area contributed by atoms with Crippen molar-refractivity contribution in [3.63, 3.8) is 0 Å². The lowest BCUT2D eigenvalue weighted by Crippen LogP contribution is -2.11. The van der Waals surface area contributed by atoms with Crippen molar-refractivity contribution in [2.45, 2.75) is 6.92 Å². The molecule has 1 amide bonds. The Morgan fingerprint density at radius 3 is 2.93 bits per heavy atom. The van der Waals surface area contributed by atoms with Gasteiger partial charge in [-0.2, -0.15) is 4.98 Å². The topological polar surface area (TPSA) is 107 Å². The highest BCUT2D eigenvalue weighted by Gasteiger charge is 2.13. The summed E-state index contributed by atoms with van der Waals surface area (Å²) < 4.78 is 4.95. The van der Waals surface area contributed by atoms with Crippen LogP contribution in [0.1, 0.15) is 15.5 Å². The molecule has 15 heavy (non-hydrogen) atoms. The Morgan fingerprint density at radius 2 is 2.40 bits per heavy atom. The number of nitrogen functional groups attached to an aromatic ring is 1. The highest BCUT2D eigenvalue weighted by molar-refractivity contribution is 7.16. The van der Waals surface area contributed by atoms with Crippen molar-refractivity contribution in [2.24, 2.45) is 0 Å². The molecule has 0 fully saturated rings. The number of hydrogen-bond acceptors (Lipinski definition) is 7. The molecule has 2 rings (SSSR count). The SMILES string of the molecule is Cc1coc(NC(=O)c2nnc(N)s2)n1. The van der Waals surface area contributed by atoms with Crippen molar-refractivity contribution in [1.29, 1.82) is 0 Å². The first-order valence-corrected chi connectivity index (χ1v) is 4.79. The van der Waals surface area contributed by atoms with Crippen LogP contribution in [0.15, 0.2) is 10.7 Å². The van der Waals surface area contributed by atoms with Crippen molar-refractivity contribution >= 4 is 28.4 Å². The van der Waals surface area contributed by atoms with Gasteiger partial charge in [0.15, 0.2) is 0 Å². The van der Waals surface area contributed by atoms with Gasteiger partial charge in [-0.05, 0) is 6.92 Å². The Hall–Kier alpha value is -1.96. The minimum atomic E-state index is -0.439. The molecule has 2 heterocycles. The van der Waals surface area contributed by atoms with Crippen molar-refractivity contribution in [3.05, 3.63) is 17.0 Å². The lowest BCUT2D eigenvalue weighted by atomic mass is 10.6. The van der Waals surface area contributed by atoms with Crippen LogP contribution in [0.5, 0.6) is 0 Å². The summed E-state index contributed by atoms with van der Waals surface area (Å²) in [4.78, 5) is 15.4. The summed E-state index contributed by atoms with van der Waals surface area (Å²) >= 11 is 0.996. The summed E-state index contributed by atoms with van der Waals surface area (Å²) in [5.74, 6) is -0.439. The number of aromatic nitrogens is 3. The maximum atomic E-state index is 11.5. The van der Waals surface area contributed by atoms with E-state index in [1.165, 1.54) is 6.26 Å². The molecule has 0 spiro atoms. The van der Waals surface area contributed by atoms with Crippen LogP contribution in [0.25, 0.3) is 0 Å². The summed E-state index contributed by atoms with van der Waals surface area (Å²) in [5, 5.41) is 9.94. The van der Waals surface area contributed by atoms with Gasteiger partial charge in [-0.1, -0.05) is 11.3 Å². The van der Waals surface area contributed by atoms with Crippen LogP contribution in [-0.2, 0) is 0 Å². The fraction of sp³-hybridized carbons (Fsp3) is 0.143. The van der Waals surface area contributed by atoms with Crippen LogP contribution in [0, 0.1) is 6.92 Å². The van der Waals surface area contributed by atoms with E-state index in [0.717, 1.165) is 11.3 Å². The van der Waals surface area contributed by atoms with E-state index < -0.39 is 5.91 Å². The van der Waals surface area contributed by atoms with E-state index in [4.69, 9.17) is 10.2 Å². The lowest BCUT2D eigenvalue weighted by molar-refractivity contribution is 0.102. The summed E-state index contributed by atoms with van der Waals surface area (Å²) in [7, 11) is 0. The largest absolute Gasteiger partial charge is 0.432 e. The first-order chi connectivity index (χ1) is 7.15. The van der Waals surface area contributed by atoms with Crippen LogP contribution >= 0.6 is 11.3 Å². The highest BCUT2D eigenvalue weighted by atomic mass is 32.1. The molecule has 0 aliphatic rings. The molecule has 0 aromatic carbocycles. The third kappa shape index (κ3) is 2.10. The molecule has 78 valence electrons. The number of oxazole rings is 1. The molecule has 0 aliphatic heterocycles. The number of amides is 1. The van der Waals surface area contributed by atoms with E-state index >= 15 is 0 Å². The molecule has 0 bridgehead atoms. The quantitative estimate of drug-likeness (QED) is 0.777. The number of carbonyl (C=O) groups excluding carboxylic acids is 1. The Bertz CT molecular complexity index is 491. The fourth-order valence-electron chi connectivity index (χ4n) is 0.888.